The van der Waals surface area contributed by atoms with Crippen molar-refractivity contribution in [1.29, 1.82) is 0 Å². The number of nitrogens with zero attached hydrogens (tertiary/aromatic N) is 2. The van der Waals surface area contributed by atoms with Gasteiger partial charge in [0, 0.05) is 30.3 Å². The van der Waals surface area contributed by atoms with Gasteiger partial charge >= 0.3 is 0 Å². The molecule has 6 heteroatoms. The second kappa shape index (κ2) is 7.17. The number of halogens is 2. The van der Waals surface area contributed by atoms with Crippen LogP contribution in [0.25, 0.3) is 0 Å². The van der Waals surface area contributed by atoms with Crippen molar-refractivity contribution in [3.05, 3.63) is 83.1 Å². The van der Waals surface area contributed by atoms with Crippen LogP contribution in [0.15, 0.2) is 54.7 Å². The van der Waals surface area contributed by atoms with Gasteiger partial charge in [0.05, 0.1) is 0 Å². The predicted molar refractivity (Wildman–Crippen MR) is 93.1 cm³/mol. The van der Waals surface area contributed by atoms with E-state index in [0.29, 0.717) is 30.6 Å². The molecule has 4 nitrogen and oxygen atoms in total. The number of benzene rings is 2. The van der Waals surface area contributed by atoms with Gasteiger partial charge in [0.15, 0.2) is 11.6 Å². The van der Waals surface area contributed by atoms with Crippen LogP contribution in [-0.4, -0.2) is 16.7 Å². The van der Waals surface area contributed by atoms with Crippen molar-refractivity contribution in [3.63, 3.8) is 0 Å². The summed E-state index contributed by atoms with van der Waals surface area (Å²) in [6.07, 6.45) is 2.21. The smallest absolute Gasteiger partial charge is 0.238 e. The van der Waals surface area contributed by atoms with Crippen molar-refractivity contribution in [3.8, 4) is 11.6 Å². The molecule has 1 aliphatic heterocycles. The van der Waals surface area contributed by atoms with E-state index in [-0.39, 0.29) is 23.4 Å². The van der Waals surface area contributed by atoms with Crippen molar-refractivity contribution >= 4 is 0 Å². The Balaban J connectivity index is 1.75. The Morgan fingerprint density at radius 2 is 1.88 bits per heavy atom. The minimum Gasteiger partial charge on any atom is -0.434 e. The van der Waals surface area contributed by atoms with E-state index in [0.717, 1.165) is 5.56 Å². The van der Waals surface area contributed by atoms with Gasteiger partial charge in [-0.25, -0.2) is 8.78 Å². The van der Waals surface area contributed by atoms with Gasteiger partial charge in [-0.1, -0.05) is 24.3 Å². The minimum atomic E-state index is -0.455. The maximum atomic E-state index is 15.1. The number of ether oxygens (including phenoxy) is 1. The Kier molecular flexibility index (Phi) is 4.58. The fourth-order valence-electron chi connectivity index (χ4n) is 3.35. The van der Waals surface area contributed by atoms with Gasteiger partial charge in [0.25, 0.3) is 0 Å². The lowest BCUT2D eigenvalue weighted by Crippen LogP contribution is -2.13. The topological polar surface area (TPSA) is 47.0 Å². The lowest BCUT2D eigenvalue weighted by atomic mass is 9.86. The zero-order valence-electron chi connectivity index (χ0n) is 14.0. The first-order chi connectivity index (χ1) is 12.7. The molecule has 0 fully saturated rings. The van der Waals surface area contributed by atoms with Crippen molar-refractivity contribution in [2.24, 2.45) is 0 Å². The van der Waals surface area contributed by atoms with Crippen LogP contribution >= 0.6 is 0 Å². The van der Waals surface area contributed by atoms with Crippen LogP contribution in [0, 0.1) is 11.6 Å². The second-order valence-electron chi connectivity index (χ2n) is 6.15. The monoisotopic (exact) mass is 353 g/mol. The van der Waals surface area contributed by atoms with Gasteiger partial charge in [-0.15, -0.1) is 5.10 Å². The van der Waals surface area contributed by atoms with E-state index in [2.05, 4.69) is 15.5 Å². The summed E-state index contributed by atoms with van der Waals surface area (Å²) < 4.78 is 34.9. The third-order valence-corrected chi connectivity index (χ3v) is 4.57. The molecule has 0 saturated heterocycles. The highest BCUT2D eigenvalue weighted by Crippen LogP contribution is 2.37. The molecule has 0 amide bonds. The van der Waals surface area contributed by atoms with E-state index in [9.17, 15) is 4.39 Å². The molecule has 0 spiro atoms. The van der Waals surface area contributed by atoms with Crippen LogP contribution in [0.5, 0.6) is 11.6 Å². The highest BCUT2D eigenvalue weighted by molar-refractivity contribution is 5.45. The third-order valence-electron chi connectivity index (χ3n) is 4.57. The molecule has 26 heavy (non-hydrogen) atoms. The van der Waals surface area contributed by atoms with Gasteiger partial charge in [-0.2, -0.15) is 5.10 Å². The molecule has 2 heterocycles. The molecule has 2 aromatic carbocycles. The Bertz CT molecular complexity index is 918. The van der Waals surface area contributed by atoms with Gasteiger partial charge < -0.3 is 10.1 Å². The summed E-state index contributed by atoms with van der Waals surface area (Å²) in [6.45, 7) is 1.04. The molecule has 1 N–H and O–H groups in total. The number of hydrogen-bond donors (Lipinski definition) is 1. The maximum Gasteiger partial charge on any atom is 0.238 e. The Morgan fingerprint density at radius 1 is 1.00 bits per heavy atom. The predicted octanol–water partition coefficient (Wildman–Crippen LogP) is 4.17. The first-order valence-electron chi connectivity index (χ1n) is 8.46. The van der Waals surface area contributed by atoms with Gasteiger partial charge in [-0.3, -0.25) is 0 Å². The average molecular weight is 353 g/mol. The normalized spacial score (nSPS) is 16.6. The highest BCUT2D eigenvalue weighted by Gasteiger charge is 2.26. The van der Waals surface area contributed by atoms with Gasteiger partial charge in [0.1, 0.15) is 5.82 Å². The number of fused-ring (bicyclic) bond motifs is 1. The Morgan fingerprint density at radius 3 is 2.69 bits per heavy atom. The summed E-state index contributed by atoms with van der Waals surface area (Å²) >= 11 is 0. The van der Waals surface area contributed by atoms with Crippen LogP contribution in [0.1, 0.15) is 29.0 Å². The lowest BCUT2D eigenvalue weighted by molar-refractivity contribution is 0.417. The molecule has 1 atom stereocenters. The second-order valence-corrected chi connectivity index (χ2v) is 6.15. The molecule has 0 saturated carbocycles. The lowest BCUT2D eigenvalue weighted by Gasteiger charge is -2.20. The standard InChI is InChI=1S/C20H17F2N3O/c21-17-5-2-1-4-15(17)14-9-11-23-12-16-13(14)7-8-18(20(16)22)26-19-6-3-10-24-25-19/h1-8,10,14,23H,9,11-12H2. The van der Waals surface area contributed by atoms with E-state index in [1.165, 1.54) is 12.3 Å². The van der Waals surface area contributed by atoms with Crippen molar-refractivity contribution in [1.82, 2.24) is 15.5 Å². The summed E-state index contributed by atoms with van der Waals surface area (Å²) in [5, 5.41) is 10.7. The Hall–Kier alpha value is -2.86. The number of nitrogens with one attached hydrogen (secondary N) is 1. The number of hydrogen-bond acceptors (Lipinski definition) is 4. The van der Waals surface area contributed by atoms with Gasteiger partial charge in [-0.05, 0) is 42.3 Å². The Labute approximate surface area is 149 Å². The highest BCUT2D eigenvalue weighted by atomic mass is 19.1. The first-order valence-corrected chi connectivity index (χ1v) is 8.46. The molecular formula is C20H17F2N3O. The molecule has 1 aliphatic rings. The SMILES string of the molecule is Fc1ccccc1C1CCNCc2c1ccc(Oc1cccnn1)c2F. The summed E-state index contributed by atoms with van der Waals surface area (Å²) in [5.74, 6) is -0.630. The maximum absolute atomic E-state index is 15.1. The van der Waals surface area contributed by atoms with Crippen molar-refractivity contribution in [2.45, 2.75) is 18.9 Å². The first kappa shape index (κ1) is 16.6. The quantitative estimate of drug-likeness (QED) is 0.768. The molecule has 0 aliphatic carbocycles. The van der Waals surface area contributed by atoms with Crippen LogP contribution in [0.4, 0.5) is 8.78 Å². The fraction of sp³-hybridized carbons (Fsp3) is 0.200. The van der Waals surface area contributed by atoms with Crippen molar-refractivity contribution < 1.29 is 13.5 Å². The van der Waals surface area contributed by atoms with Gasteiger partial charge in [0.2, 0.25) is 5.88 Å². The van der Waals surface area contributed by atoms with E-state index in [1.54, 1.807) is 36.4 Å². The summed E-state index contributed by atoms with van der Waals surface area (Å²) in [4.78, 5) is 0. The third kappa shape index (κ3) is 3.15. The molecule has 4 rings (SSSR count). The zero-order valence-corrected chi connectivity index (χ0v) is 14.0. The van der Waals surface area contributed by atoms with Crippen molar-refractivity contribution in [2.75, 3.05) is 6.54 Å². The molecular weight excluding hydrogens is 336 g/mol. The average Bonchev–Trinajstić information content (AvgIpc) is 2.88. The minimum absolute atomic E-state index is 0.0835. The summed E-state index contributed by atoms with van der Waals surface area (Å²) in [5.41, 5.74) is 1.86. The number of aromatic nitrogens is 2. The molecule has 0 bridgehead atoms. The zero-order chi connectivity index (χ0) is 17.9. The van der Waals surface area contributed by atoms with Crippen LogP contribution in [0.2, 0.25) is 0 Å². The molecule has 1 unspecified atom stereocenters. The van der Waals surface area contributed by atoms with E-state index >= 15 is 4.39 Å². The summed E-state index contributed by atoms with van der Waals surface area (Å²) in [6, 6.07) is 13.3. The van der Waals surface area contributed by atoms with Crippen LogP contribution in [-0.2, 0) is 6.54 Å². The molecule has 3 aromatic rings. The molecule has 132 valence electrons. The van der Waals surface area contributed by atoms with E-state index < -0.39 is 5.82 Å². The van der Waals surface area contributed by atoms with E-state index in [4.69, 9.17) is 4.74 Å². The summed E-state index contributed by atoms with van der Waals surface area (Å²) in [7, 11) is 0. The van der Waals surface area contributed by atoms with E-state index in [1.807, 2.05) is 6.07 Å². The van der Waals surface area contributed by atoms with Crippen LogP contribution < -0.4 is 10.1 Å². The fourth-order valence-corrected chi connectivity index (χ4v) is 3.35. The van der Waals surface area contributed by atoms with Crippen LogP contribution in [0.3, 0.4) is 0 Å². The largest absolute Gasteiger partial charge is 0.434 e. The number of rotatable bonds is 3. The molecule has 1 aromatic heterocycles. The molecule has 0 radical (unpaired) electrons.